The van der Waals surface area contributed by atoms with Gasteiger partial charge in [-0.1, -0.05) is 49.3 Å². The van der Waals surface area contributed by atoms with Gasteiger partial charge in [0.1, 0.15) is 0 Å². The Hall–Kier alpha value is -2.14. The quantitative estimate of drug-likeness (QED) is 0.848. The maximum absolute atomic E-state index is 10.9. The molecule has 1 unspecified atom stereocenters. The van der Waals surface area contributed by atoms with Crippen LogP contribution in [-0.2, 0) is 11.3 Å². The topological polar surface area (TPSA) is 66.6 Å². The molecule has 2 aromatic rings. The van der Waals surface area contributed by atoms with Crippen molar-refractivity contribution >= 4 is 5.97 Å². The molecule has 0 amide bonds. The molecule has 1 aromatic carbocycles. The zero-order valence-electron chi connectivity index (χ0n) is 12.3. The molecule has 1 heterocycles. The van der Waals surface area contributed by atoms with Crippen LogP contribution in [0.2, 0.25) is 0 Å². The lowest BCUT2D eigenvalue weighted by Crippen LogP contribution is -2.31. The lowest BCUT2D eigenvalue weighted by Gasteiger charge is -2.20. The lowest BCUT2D eigenvalue weighted by atomic mass is 10.1. The van der Waals surface area contributed by atoms with Gasteiger partial charge < -0.3 is 9.63 Å². The van der Waals surface area contributed by atoms with Crippen molar-refractivity contribution in [1.29, 1.82) is 0 Å². The molecule has 1 atom stereocenters. The molecule has 2 rings (SSSR count). The number of benzene rings is 1. The molecule has 112 valence electrons. The summed E-state index contributed by atoms with van der Waals surface area (Å²) in [4.78, 5) is 13.0. The fourth-order valence-corrected chi connectivity index (χ4v) is 2.12. The Morgan fingerprint density at radius 1 is 1.38 bits per heavy atom. The van der Waals surface area contributed by atoms with Gasteiger partial charge in [0.15, 0.2) is 5.76 Å². The molecule has 0 aliphatic carbocycles. The lowest BCUT2D eigenvalue weighted by molar-refractivity contribution is -0.141. The fourth-order valence-electron chi connectivity index (χ4n) is 2.12. The van der Waals surface area contributed by atoms with Crippen molar-refractivity contribution in [3.05, 3.63) is 42.1 Å². The first kappa shape index (κ1) is 15.3. The summed E-state index contributed by atoms with van der Waals surface area (Å²) in [6, 6.07) is 11.7. The van der Waals surface area contributed by atoms with Crippen molar-refractivity contribution in [2.24, 2.45) is 5.92 Å². The molecule has 0 aliphatic heterocycles. The van der Waals surface area contributed by atoms with Crippen molar-refractivity contribution in [2.75, 3.05) is 13.1 Å². The minimum absolute atomic E-state index is 0.398. The van der Waals surface area contributed by atoms with E-state index in [-0.39, 0.29) is 0 Å². The highest BCUT2D eigenvalue weighted by molar-refractivity contribution is 5.69. The van der Waals surface area contributed by atoms with Crippen molar-refractivity contribution in [3.8, 4) is 11.3 Å². The van der Waals surface area contributed by atoms with Crippen LogP contribution in [0, 0.1) is 5.92 Å². The highest BCUT2D eigenvalue weighted by atomic mass is 16.5. The van der Waals surface area contributed by atoms with Gasteiger partial charge in [-0.25, -0.2) is 0 Å². The van der Waals surface area contributed by atoms with E-state index in [4.69, 9.17) is 9.63 Å². The maximum atomic E-state index is 10.9. The van der Waals surface area contributed by atoms with Gasteiger partial charge in [-0.2, -0.15) is 0 Å². The second kappa shape index (κ2) is 7.04. The number of carbonyl (C=O) groups is 1. The maximum Gasteiger partial charge on any atom is 0.307 e. The SMILES string of the molecule is CCN(Cc1cc(-c2ccccc2)on1)CC(C)C(=O)O. The Morgan fingerprint density at radius 3 is 2.71 bits per heavy atom. The largest absolute Gasteiger partial charge is 0.481 e. The number of carboxylic acids is 1. The average molecular weight is 288 g/mol. The summed E-state index contributed by atoms with van der Waals surface area (Å²) < 4.78 is 5.36. The van der Waals surface area contributed by atoms with E-state index in [9.17, 15) is 4.79 Å². The molecule has 0 saturated carbocycles. The van der Waals surface area contributed by atoms with Crippen molar-refractivity contribution in [3.63, 3.8) is 0 Å². The number of aliphatic carboxylic acids is 1. The van der Waals surface area contributed by atoms with Crippen LogP contribution in [0.5, 0.6) is 0 Å². The molecule has 0 spiro atoms. The van der Waals surface area contributed by atoms with Gasteiger partial charge in [0.05, 0.1) is 11.6 Å². The molecule has 0 fully saturated rings. The molecule has 0 saturated heterocycles. The van der Waals surface area contributed by atoms with E-state index in [0.717, 1.165) is 23.6 Å². The second-order valence-electron chi connectivity index (χ2n) is 5.12. The van der Waals surface area contributed by atoms with Crippen LogP contribution in [0.1, 0.15) is 19.5 Å². The monoisotopic (exact) mass is 288 g/mol. The van der Waals surface area contributed by atoms with Gasteiger partial charge in [0.25, 0.3) is 0 Å². The first-order valence-corrected chi connectivity index (χ1v) is 7.06. The summed E-state index contributed by atoms with van der Waals surface area (Å²) in [6.45, 7) is 5.57. The van der Waals surface area contributed by atoms with E-state index >= 15 is 0 Å². The summed E-state index contributed by atoms with van der Waals surface area (Å²) in [6.07, 6.45) is 0. The normalized spacial score (nSPS) is 12.5. The summed E-state index contributed by atoms with van der Waals surface area (Å²) >= 11 is 0. The van der Waals surface area contributed by atoms with E-state index in [0.29, 0.717) is 13.1 Å². The Bertz CT molecular complexity index is 580. The predicted molar refractivity (Wildman–Crippen MR) is 79.7 cm³/mol. The summed E-state index contributed by atoms with van der Waals surface area (Å²) in [5.74, 6) is -0.447. The second-order valence-corrected chi connectivity index (χ2v) is 5.12. The Kier molecular flexibility index (Phi) is 5.11. The zero-order chi connectivity index (χ0) is 15.2. The van der Waals surface area contributed by atoms with Gasteiger partial charge in [0.2, 0.25) is 0 Å². The van der Waals surface area contributed by atoms with Gasteiger partial charge in [0, 0.05) is 24.7 Å². The third kappa shape index (κ3) is 4.16. The molecule has 1 aromatic heterocycles. The van der Waals surface area contributed by atoms with E-state index in [1.807, 2.05) is 48.2 Å². The van der Waals surface area contributed by atoms with Crippen LogP contribution in [0.15, 0.2) is 40.9 Å². The predicted octanol–water partition coefficient (Wildman–Crippen LogP) is 2.88. The van der Waals surface area contributed by atoms with Gasteiger partial charge >= 0.3 is 5.97 Å². The minimum Gasteiger partial charge on any atom is -0.481 e. The van der Waals surface area contributed by atoms with Crippen LogP contribution < -0.4 is 0 Å². The van der Waals surface area contributed by atoms with Crippen molar-refractivity contribution in [2.45, 2.75) is 20.4 Å². The standard InChI is InChI=1S/C16H20N2O3/c1-3-18(10-12(2)16(19)20)11-14-9-15(21-17-14)13-7-5-4-6-8-13/h4-9,12H,3,10-11H2,1-2H3,(H,19,20). The molecule has 0 bridgehead atoms. The zero-order valence-corrected chi connectivity index (χ0v) is 12.3. The molecular weight excluding hydrogens is 268 g/mol. The number of carboxylic acid groups (broad SMARTS) is 1. The smallest absolute Gasteiger partial charge is 0.307 e. The van der Waals surface area contributed by atoms with E-state index < -0.39 is 11.9 Å². The molecule has 1 N–H and O–H groups in total. The molecule has 0 radical (unpaired) electrons. The summed E-state index contributed by atoms with van der Waals surface area (Å²) in [7, 11) is 0. The molecule has 21 heavy (non-hydrogen) atoms. The van der Waals surface area contributed by atoms with Gasteiger partial charge in [-0.05, 0) is 6.54 Å². The van der Waals surface area contributed by atoms with Crippen molar-refractivity contribution in [1.82, 2.24) is 10.1 Å². The number of rotatable bonds is 7. The van der Waals surface area contributed by atoms with Crippen LogP contribution in [-0.4, -0.2) is 34.2 Å². The van der Waals surface area contributed by atoms with Crippen molar-refractivity contribution < 1.29 is 14.4 Å². The Morgan fingerprint density at radius 2 is 2.10 bits per heavy atom. The van der Waals surface area contributed by atoms with Gasteiger partial charge in [-0.15, -0.1) is 0 Å². The van der Waals surface area contributed by atoms with Crippen LogP contribution >= 0.6 is 0 Å². The Labute approximate surface area is 124 Å². The number of aromatic nitrogens is 1. The first-order chi connectivity index (χ1) is 10.1. The summed E-state index contributed by atoms with van der Waals surface area (Å²) in [5, 5.41) is 13.1. The van der Waals surface area contributed by atoms with Crippen LogP contribution in [0.25, 0.3) is 11.3 Å². The number of nitrogens with zero attached hydrogens (tertiary/aromatic N) is 2. The molecular formula is C16H20N2O3. The first-order valence-electron chi connectivity index (χ1n) is 7.06. The minimum atomic E-state index is -0.779. The highest BCUT2D eigenvalue weighted by Crippen LogP contribution is 2.20. The third-order valence-electron chi connectivity index (χ3n) is 3.40. The summed E-state index contributed by atoms with van der Waals surface area (Å²) in [5.41, 5.74) is 1.80. The molecule has 5 nitrogen and oxygen atoms in total. The molecule has 0 aliphatic rings. The van der Waals surface area contributed by atoms with Crippen LogP contribution in [0.3, 0.4) is 0 Å². The highest BCUT2D eigenvalue weighted by Gasteiger charge is 2.16. The average Bonchev–Trinajstić information content (AvgIpc) is 2.95. The third-order valence-corrected chi connectivity index (χ3v) is 3.40. The van der Waals surface area contributed by atoms with E-state index in [1.165, 1.54) is 0 Å². The van der Waals surface area contributed by atoms with Crippen LogP contribution in [0.4, 0.5) is 0 Å². The molecule has 5 heteroatoms. The number of hydrogen-bond donors (Lipinski definition) is 1. The van der Waals surface area contributed by atoms with E-state index in [2.05, 4.69) is 5.16 Å². The number of hydrogen-bond acceptors (Lipinski definition) is 4. The van der Waals surface area contributed by atoms with Gasteiger partial charge in [-0.3, -0.25) is 9.69 Å². The Balaban J connectivity index is 2.02. The van der Waals surface area contributed by atoms with E-state index in [1.54, 1.807) is 6.92 Å². The fraction of sp³-hybridized carbons (Fsp3) is 0.375.